The fourth-order valence-corrected chi connectivity index (χ4v) is 2.57. The van der Waals surface area contributed by atoms with Gasteiger partial charge in [0.2, 0.25) is 0 Å². The van der Waals surface area contributed by atoms with E-state index < -0.39 is 0 Å². The van der Waals surface area contributed by atoms with Crippen molar-refractivity contribution in [2.75, 3.05) is 20.2 Å². The number of hydrogen-bond acceptors (Lipinski definition) is 3. The van der Waals surface area contributed by atoms with E-state index in [1.54, 1.807) is 0 Å². The lowest BCUT2D eigenvalue weighted by molar-refractivity contribution is -0.144. The topological polar surface area (TPSA) is 29.5 Å². The predicted molar refractivity (Wildman–Crippen MR) is 69.9 cm³/mol. The number of carbonyl (C=O) groups excluding carboxylic acids is 1. The molecule has 0 aromatic rings. The lowest BCUT2D eigenvalue weighted by Crippen LogP contribution is -2.36. The maximum Gasteiger partial charge on any atom is 0.307 e. The molecule has 0 saturated heterocycles. The molecule has 0 aromatic carbocycles. The van der Waals surface area contributed by atoms with Gasteiger partial charge in [-0.25, -0.2) is 0 Å². The second-order valence-corrected chi connectivity index (χ2v) is 5.30. The van der Waals surface area contributed by atoms with Crippen LogP contribution in [-0.4, -0.2) is 37.1 Å². The van der Waals surface area contributed by atoms with Crippen LogP contribution in [0.1, 0.15) is 52.4 Å². The van der Waals surface area contributed by atoms with Crippen molar-refractivity contribution in [3.05, 3.63) is 0 Å². The molecule has 0 spiro atoms. The Bertz CT molecular complexity index is 224. The van der Waals surface area contributed by atoms with Gasteiger partial charge in [0.15, 0.2) is 0 Å². The molecule has 1 aliphatic carbocycles. The van der Waals surface area contributed by atoms with Crippen LogP contribution in [-0.2, 0) is 9.53 Å². The number of carbonyl (C=O) groups is 1. The molecule has 3 heteroatoms. The minimum atomic E-state index is -0.0736. The fourth-order valence-electron chi connectivity index (χ4n) is 2.57. The monoisotopic (exact) mass is 241 g/mol. The highest BCUT2D eigenvalue weighted by atomic mass is 16.5. The highest BCUT2D eigenvalue weighted by molar-refractivity contribution is 5.69. The van der Waals surface area contributed by atoms with Crippen molar-refractivity contribution in [3.63, 3.8) is 0 Å². The van der Waals surface area contributed by atoms with Crippen LogP contribution in [0.25, 0.3) is 0 Å². The van der Waals surface area contributed by atoms with Crippen LogP contribution in [0.5, 0.6) is 0 Å². The van der Waals surface area contributed by atoms with Crippen molar-refractivity contribution in [2.24, 2.45) is 5.92 Å². The van der Waals surface area contributed by atoms with Crippen LogP contribution in [0.15, 0.2) is 0 Å². The van der Waals surface area contributed by atoms with Crippen molar-refractivity contribution in [2.45, 2.75) is 58.4 Å². The van der Waals surface area contributed by atoms with Gasteiger partial charge in [-0.15, -0.1) is 0 Å². The summed E-state index contributed by atoms with van der Waals surface area (Å²) >= 11 is 0. The molecule has 0 heterocycles. The van der Waals surface area contributed by atoms with E-state index in [1.807, 2.05) is 6.92 Å². The Labute approximate surface area is 106 Å². The normalized spacial score (nSPS) is 19.3. The summed E-state index contributed by atoms with van der Waals surface area (Å²) in [5.74, 6) is 0.758. The lowest BCUT2D eigenvalue weighted by atomic mass is 9.89. The zero-order valence-corrected chi connectivity index (χ0v) is 11.6. The predicted octanol–water partition coefficient (Wildman–Crippen LogP) is 2.84. The minimum absolute atomic E-state index is 0.0736. The van der Waals surface area contributed by atoms with Crippen molar-refractivity contribution < 1.29 is 9.53 Å². The molecule has 17 heavy (non-hydrogen) atoms. The Balaban J connectivity index is 2.25. The Morgan fingerprint density at radius 2 is 2.00 bits per heavy atom. The molecule has 0 bridgehead atoms. The zero-order valence-electron chi connectivity index (χ0n) is 11.6. The maximum absolute atomic E-state index is 11.4. The highest BCUT2D eigenvalue weighted by Gasteiger charge is 2.20. The number of esters is 1. The van der Waals surface area contributed by atoms with Gasteiger partial charge in [0.05, 0.1) is 13.0 Å². The van der Waals surface area contributed by atoms with Gasteiger partial charge in [-0.2, -0.15) is 0 Å². The summed E-state index contributed by atoms with van der Waals surface area (Å²) < 4.78 is 4.99. The maximum atomic E-state index is 11.4. The van der Waals surface area contributed by atoms with Crippen LogP contribution < -0.4 is 0 Å². The van der Waals surface area contributed by atoms with Crippen molar-refractivity contribution >= 4 is 5.97 Å². The first-order chi connectivity index (χ1) is 8.13. The summed E-state index contributed by atoms with van der Waals surface area (Å²) in [6.45, 7) is 5.58. The molecule has 0 N–H and O–H groups in total. The summed E-state index contributed by atoms with van der Waals surface area (Å²) in [5, 5.41) is 0. The molecule has 1 fully saturated rings. The summed E-state index contributed by atoms with van der Waals surface area (Å²) in [5.41, 5.74) is 0. The molecule has 0 radical (unpaired) electrons. The average molecular weight is 241 g/mol. The Hall–Kier alpha value is -0.570. The van der Waals surface area contributed by atoms with E-state index in [0.29, 0.717) is 13.0 Å². The van der Waals surface area contributed by atoms with Gasteiger partial charge in [-0.05, 0) is 39.7 Å². The van der Waals surface area contributed by atoms with Crippen molar-refractivity contribution in [1.82, 2.24) is 4.90 Å². The van der Waals surface area contributed by atoms with E-state index in [-0.39, 0.29) is 12.0 Å². The van der Waals surface area contributed by atoms with Crippen LogP contribution in [0.4, 0.5) is 0 Å². The van der Waals surface area contributed by atoms with E-state index in [4.69, 9.17) is 4.74 Å². The summed E-state index contributed by atoms with van der Waals surface area (Å²) in [6, 6.07) is 0.288. The van der Waals surface area contributed by atoms with E-state index in [9.17, 15) is 4.79 Å². The molecule has 1 rings (SSSR count). The largest absolute Gasteiger partial charge is 0.466 e. The van der Waals surface area contributed by atoms with Gasteiger partial charge in [-0.3, -0.25) is 4.79 Å². The van der Waals surface area contributed by atoms with Crippen molar-refractivity contribution in [1.29, 1.82) is 0 Å². The fraction of sp³-hybridized carbons (Fsp3) is 0.929. The van der Waals surface area contributed by atoms with Crippen molar-refractivity contribution in [3.8, 4) is 0 Å². The first kappa shape index (κ1) is 14.5. The van der Waals surface area contributed by atoms with Gasteiger partial charge in [0, 0.05) is 12.6 Å². The zero-order chi connectivity index (χ0) is 12.7. The first-order valence-corrected chi connectivity index (χ1v) is 6.99. The van der Waals surface area contributed by atoms with Gasteiger partial charge in [0.1, 0.15) is 0 Å². The van der Waals surface area contributed by atoms with E-state index in [0.717, 1.165) is 12.5 Å². The van der Waals surface area contributed by atoms with Crippen LogP contribution in [0.3, 0.4) is 0 Å². The summed E-state index contributed by atoms with van der Waals surface area (Å²) in [6.07, 6.45) is 7.39. The third-order valence-electron chi connectivity index (χ3n) is 3.79. The molecule has 1 saturated carbocycles. The highest BCUT2D eigenvalue weighted by Crippen LogP contribution is 2.24. The van der Waals surface area contributed by atoms with E-state index in [2.05, 4.69) is 18.9 Å². The quantitative estimate of drug-likeness (QED) is 0.670. The van der Waals surface area contributed by atoms with Crippen LogP contribution in [0.2, 0.25) is 0 Å². The average Bonchev–Trinajstić information content (AvgIpc) is 2.30. The molecule has 0 aliphatic heterocycles. The van der Waals surface area contributed by atoms with Gasteiger partial charge >= 0.3 is 5.97 Å². The Morgan fingerprint density at radius 3 is 2.59 bits per heavy atom. The third kappa shape index (κ3) is 5.53. The molecular weight excluding hydrogens is 214 g/mol. The number of ether oxygens (including phenoxy) is 1. The molecule has 1 unspecified atom stereocenters. The molecular formula is C14H27NO2. The molecule has 1 aliphatic rings. The van der Waals surface area contributed by atoms with Crippen LogP contribution in [0, 0.1) is 5.92 Å². The van der Waals surface area contributed by atoms with Crippen LogP contribution >= 0.6 is 0 Å². The number of nitrogens with zero attached hydrogens (tertiary/aromatic N) is 1. The second-order valence-electron chi connectivity index (χ2n) is 5.30. The molecule has 100 valence electrons. The molecule has 0 amide bonds. The SMILES string of the molecule is CCOC(=O)CC(C)N(C)CC1CCCCC1. The third-order valence-corrected chi connectivity index (χ3v) is 3.79. The summed E-state index contributed by atoms with van der Waals surface area (Å²) in [4.78, 5) is 13.7. The molecule has 0 aromatic heterocycles. The van der Waals surface area contributed by atoms with E-state index >= 15 is 0 Å². The number of rotatable bonds is 6. The van der Waals surface area contributed by atoms with Gasteiger partial charge < -0.3 is 9.64 Å². The van der Waals surface area contributed by atoms with E-state index in [1.165, 1.54) is 32.1 Å². The Morgan fingerprint density at radius 1 is 1.35 bits per heavy atom. The van der Waals surface area contributed by atoms with Gasteiger partial charge in [-0.1, -0.05) is 19.3 Å². The molecule has 3 nitrogen and oxygen atoms in total. The van der Waals surface area contributed by atoms with Gasteiger partial charge in [0.25, 0.3) is 0 Å². The number of hydrogen-bond donors (Lipinski definition) is 0. The second kappa shape index (κ2) is 7.70. The Kier molecular flexibility index (Phi) is 6.56. The standard InChI is InChI=1S/C14H27NO2/c1-4-17-14(16)10-12(2)15(3)11-13-8-6-5-7-9-13/h12-13H,4-11H2,1-3H3. The first-order valence-electron chi connectivity index (χ1n) is 6.99. The molecule has 1 atom stereocenters. The lowest BCUT2D eigenvalue weighted by Gasteiger charge is -2.30. The summed E-state index contributed by atoms with van der Waals surface area (Å²) in [7, 11) is 2.12. The minimum Gasteiger partial charge on any atom is -0.466 e. The smallest absolute Gasteiger partial charge is 0.307 e.